The van der Waals surface area contributed by atoms with Crippen molar-refractivity contribution < 1.29 is 19.1 Å². The lowest BCUT2D eigenvalue weighted by atomic mass is 9.84. The van der Waals surface area contributed by atoms with Crippen LogP contribution in [0.1, 0.15) is 55.3 Å². The number of rotatable bonds is 5. The molecule has 2 aromatic rings. The third kappa shape index (κ3) is 4.15. The van der Waals surface area contributed by atoms with Crippen LogP contribution in [0, 0.1) is 5.92 Å². The number of methoxy groups -OCH3 is 1. The van der Waals surface area contributed by atoms with E-state index >= 15 is 0 Å². The molecule has 1 saturated carbocycles. The van der Waals surface area contributed by atoms with E-state index in [0.29, 0.717) is 42.3 Å². The van der Waals surface area contributed by atoms with Crippen molar-refractivity contribution in [2.45, 2.75) is 57.0 Å². The van der Waals surface area contributed by atoms with Crippen LogP contribution in [0.5, 0.6) is 5.75 Å². The Morgan fingerprint density at radius 3 is 2.56 bits per heavy atom. The van der Waals surface area contributed by atoms with Gasteiger partial charge in [0.2, 0.25) is 11.8 Å². The first kappa shape index (κ1) is 22.4. The molecular formula is C27H31N3O4. The average Bonchev–Trinajstić information content (AvgIpc) is 3.47. The Morgan fingerprint density at radius 2 is 1.82 bits per heavy atom. The normalized spacial score (nSPS) is 24.1. The van der Waals surface area contributed by atoms with Crippen molar-refractivity contribution >= 4 is 29.1 Å². The van der Waals surface area contributed by atoms with Crippen molar-refractivity contribution in [3.05, 3.63) is 54.1 Å². The maximum Gasteiger partial charge on any atom is 0.254 e. The van der Waals surface area contributed by atoms with Crippen molar-refractivity contribution in [3.63, 3.8) is 0 Å². The molecule has 2 aromatic carbocycles. The molecule has 7 nitrogen and oxygen atoms in total. The number of benzene rings is 2. The predicted molar refractivity (Wildman–Crippen MR) is 130 cm³/mol. The van der Waals surface area contributed by atoms with Crippen LogP contribution in [-0.4, -0.2) is 48.4 Å². The first-order valence-electron chi connectivity index (χ1n) is 12.2. The molecule has 0 radical (unpaired) electrons. The fourth-order valence-corrected chi connectivity index (χ4v) is 5.82. The lowest BCUT2D eigenvalue weighted by molar-refractivity contribution is -0.120. The highest BCUT2D eigenvalue weighted by molar-refractivity contribution is 6.02. The Hall–Kier alpha value is -3.35. The van der Waals surface area contributed by atoms with E-state index in [9.17, 15) is 14.4 Å². The average molecular weight is 462 g/mol. The van der Waals surface area contributed by atoms with E-state index in [2.05, 4.69) is 5.32 Å². The molecule has 178 valence electrons. The SMILES string of the molecule is COc1cc(NC(=O)C2CC3CCCCC3N2C(=O)c2ccccc2)ccc1N1CCCC1=O. The zero-order chi connectivity index (χ0) is 23.7. The molecule has 3 unspecified atom stereocenters. The molecule has 3 atom stereocenters. The third-order valence-electron chi connectivity index (χ3n) is 7.46. The Labute approximate surface area is 200 Å². The molecule has 3 amide bonds. The monoisotopic (exact) mass is 461 g/mol. The zero-order valence-corrected chi connectivity index (χ0v) is 19.5. The maximum absolute atomic E-state index is 13.5. The van der Waals surface area contributed by atoms with Gasteiger partial charge in [0.05, 0.1) is 12.8 Å². The minimum Gasteiger partial charge on any atom is -0.494 e. The van der Waals surface area contributed by atoms with Crippen LogP contribution in [0.15, 0.2) is 48.5 Å². The summed E-state index contributed by atoms with van der Waals surface area (Å²) in [5, 5.41) is 3.02. The van der Waals surface area contributed by atoms with Gasteiger partial charge >= 0.3 is 0 Å². The summed E-state index contributed by atoms with van der Waals surface area (Å²) in [6, 6.07) is 14.2. The minimum atomic E-state index is -0.508. The zero-order valence-electron chi connectivity index (χ0n) is 19.5. The topological polar surface area (TPSA) is 79.0 Å². The summed E-state index contributed by atoms with van der Waals surface area (Å²) in [6.45, 7) is 0.669. The first-order chi connectivity index (χ1) is 16.6. The van der Waals surface area contributed by atoms with E-state index in [-0.39, 0.29) is 23.8 Å². The van der Waals surface area contributed by atoms with E-state index < -0.39 is 6.04 Å². The maximum atomic E-state index is 13.5. The number of hydrogen-bond acceptors (Lipinski definition) is 4. The fourth-order valence-electron chi connectivity index (χ4n) is 5.82. The van der Waals surface area contributed by atoms with Gasteiger partial charge in [-0.1, -0.05) is 31.0 Å². The molecule has 1 N–H and O–H groups in total. The van der Waals surface area contributed by atoms with E-state index in [1.165, 1.54) is 0 Å². The van der Waals surface area contributed by atoms with E-state index in [1.54, 1.807) is 24.1 Å². The summed E-state index contributed by atoms with van der Waals surface area (Å²) in [7, 11) is 1.56. The number of amides is 3. The summed E-state index contributed by atoms with van der Waals surface area (Å²) in [6.07, 6.45) is 6.29. The molecular weight excluding hydrogens is 430 g/mol. The molecule has 0 spiro atoms. The molecule has 1 aliphatic carbocycles. The van der Waals surface area contributed by atoms with Gasteiger partial charge in [0.15, 0.2) is 0 Å². The van der Waals surface area contributed by atoms with Gasteiger partial charge in [-0.2, -0.15) is 0 Å². The van der Waals surface area contributed by atoms with Crippen molar-refractivity contribution in [2.24, 2.45) is 5.92 Å². The van der Waals surface area contributed by atoms with Gasteiger partial charge < -0.3 is 19.9 Å². The number of likely N-dealkylation sites (tertiary alicyclic amines) is 1. The summed E-state index contributed by atoms with van der Waals surface area (Å²) in [4.78, 5) is 42.7. The fraction of sp³-hybridized carbons (Fsp3) is 0.444. The summed E-state index contributed by atoms with van der Waals surface area (Å²) >= 11 is 0. The van der Waals surface area contributed by atoms with Gasteiger partial charge in [-0.05, 0) is 55.9 Å². The van der Waals surface area contributed by atoms with Gasteiger partial charge in [0.1, 0.15) is 11.8 Å². The van der Waals surface area contributed by atoms with Gasteiger partial charge in [-0.25, -0.2) is 0 Å². The quantitative estimate of drug-likeness (QED) is 0.723. The highest BCUT2D eigenvalue weighted by atomic mass is 16.5. The molecule has 5 rings (SSSR count). The standard InChI is InChI=1S/C27H31N3O4/c1-34-24-17-20(13-14-22(24)29-15-7-12-25(29)31)28-26(32)23-16-19-10-5-6-11-21(19)30(23)27(33)18-8-3-2-4-9-18/h2-4,8-9,13-14,17,19,21,23H,5-7,10-12,15-16H2,1H3,(H,28,32). The van der Waals surface area contributed by atoms with Crippen molar-refractivity contribution in [3.8, 4) is 5.75 Å². The highest BCUT2D eigenvalue weighted by Gasteiger charge is 2.47. The largest absolute Gasteiger partial charge is 0.494 e. The Morgan fingerprint density at radius 1 is 1.03 bits per heavy atom. The Bertz CT molecular complexity index is 1090. The summed E-state index contributed by atoms with van der Waals surface area (Å²) in [5.74, 6) is 0.737. The van der Waals surface area contributed by atoms with Crippen LogP contribution in [0.2, 0.25) is 0 Å². The summed E-state index contributed by atoms with van der Waals surface area (Å²) < 4.78 is 5.54. The number of nitrogens with one attached hydrogen (secondary N) is 1. The highest BCUT2D eigenvalue weighted by Crippen LogP contribution is 2.41. The van der Waals surface area contributed by atoms with Crippen LogP contribution in [0.3, 0.4) is 0 Å². The van der Waals surface area contributed by atoms with Crippen LogP contribution in [-0.2, 0) is 9.59 Å². The van der Waals surface area contributed by atoms with Crippen molar-refractivity contribution in [2.75, 3.05) is 23.9 Å². The molecule has 3 aliphatic rings. The second kappa shape index (κ2) is 9.49. The molecule has 0 bridgehead atoms. The van der Waals surface area contributed by atoms with E-state index in [1.807, 2.05) is 41.3 Å². The number of fused-ring (bicyclic) bond motifs is 1. The van der Waals surface area contributed by atoms with Crippen LogP contribution in [0.25, 0.3) is 0 Å². The third-order valence-corrected chi connectivity index (χ3v) is 7.46. The van der Waals surface area contributed by atoms with Gasteiger partial charge in [0.25, 0.3) is 5.91 Å². The van der Waals surface area contributed by atoms with E-state index in [0.717, 1.165) is 37.8 Å². The second-order valence-corrected chi connectivity index (χ2v) is 9.47. The van der Waals surface area contributed by atoms with Crippen molar-refractivity contribution in [1.82, 2.24) is 4.90 Å². The Kier molecular flexibility index (Phi) is 6.26. The molecule has 2 saturated heterocycles. The van der Waals surface area contributed by atoms with Gasteiger partial charge in [0, 0.05) is 36.3 Å². The second-order valence-electron chi connectivity index (χ2n) is 9.47. The first-order valence-corrected chi connectivity index (χ1v) is 12.2. The predicted octanol–water partition coefficient (Wildman–Crippen LogP) is 4.23. The van der Waals surface area contributed by atoms with E-state index in [4.69, 9.17) is 4.74 Å². The summed E-state index contributed by atoms with van der Waals surface area (Å²) in [5.41, 5.74) is 1.93. The molecule has 3 fully saturated rings. The lowest BCUT2D eigenvalue weighted by Gasteiger charge is -2.33. The minimum absolute atomic E-state index is 0.0735. The number of nitrogens with zero attached hydrogens (tertiary/aromatic N) is 2. The number of carbonyl (C=O) groups is 3. The molecule has 0 aromatic heterocycles. The van der Waals surface area contributed by atoms with Gasteiger partial charge in [-0.3, -0.25) is 14.4 Å². The number of carbonyl (C=O) groups excluding carboxylic acids is 3. The molecule has 34 heavy (non-hydrogen) atoms. The molecule has 7 heteroatoms. The number of hydrogen-bond donors (Lipinski definition) is 1. The van der Waals surface area contributed by atoms with Crippen LogP contribution < -0.4 is 15.0 Å². The molecule has 2 aliphatic heterocycles. The number of anilines is 2. The number of ether oxygens (including phenoxy) is 1. The molecule has 2 heterocycles. The van der Waals surface area contributed by atoms with Crippen molar-refractivity contribution in [1.29, 1.82) is 0 Å². The Balaban J connectivity index is 1.38. The van der Waals surface area contributed by atoms with Crippen LogP contribution >= 0.6 is 0 Å². The van der Waals surface area contributed by atoms with Gasteiger partial charge in [-0.15, -0.1) is 0 Å². The van der Waals surface area contributed by atoms with Crippen LogP contribution in [0.4, 0.5) is 11.4 Å². The smallest absolute Gasteiger partial charge is 0.254 e. The lowest BCUT2D eigenvalue weighted by Crippen LogP contribution is -2.47.